The monoisotopic (exact) mass is 245 g/mol. The summed E-state index contributed by atoms with van der Waals surface area (Å²) in [5, 5.41) is 14.4. The lowest BCUT2D eigenvalue weighted by Gasteiger charge is -2.49. The lowest BCUT2D eigenvalue weighted by molar-refractivity contribution is -0.0729. The van der Waals surface area contributed by atoms with E-state index in [1.54, 1.807) is 0 Å². The second-order valence-electron chi connectivity index (χ2n) is 5.76. The van der Waals surface area contributed by atoms with E-state index >= 15 is 0 Å². The van der Waals surface area contributed by atoms with Crippen molar-refractivity contribution in [3.05, 3.63) is 36.1 Å². The van der Waals surface area contributed by atoms with E-state index in [4.69, 9.17) is 4.42 Å². The van der Waals surface area contributed by atoms with Crippen LogP contribution in [0, 0.1) is 5.41 Å². The van der Waals surface area contributed by atoms with Crippen LogP contribution in [0.4, 0.5) is 0 Å². The molecule has 1 aromatic heterocycles. The molecule has 0 spiro atoms. The highest BCUT2D eigenvalue weighted by molar-refractivity contribution is 5.80. The van der Waals surface area contributed by atoms with Crippen molar-refractivity contribution in [1.82, 2.24) is 5.32 Å². The Kier molecular flexibility index (Phi) is 2.68. The van der Waals surface area contributed by atoms with Crippen molar-refractivity contribution in [2.24, 2.45) is 5.41 Å². The predicted octanol–water partition coefficient (Wildman–Crippen LogP) is 2.68. The molecular formula is C15H19NO2. The average molecular weight is 245 g/mol. The second-order valence-corrected chi connectivity index (χ2v) is 5.76. The Morgan fingerprint density at radius 1 is 1.39 bits per heavy atom. The zero-order valence-corrected chi connectivity index (χ0v) is 10.8. The van der Waals surface area contributed by atoms with Gasteiger partial charge in [-0.1, -0.05) is 32.0 Å². The molecule has 3 nitrogen and oxygen atoms in total. The van der Waals surface area contributed by atoms with Gasteiger partial charge < -0.3 is 14.8 Å². The third kappa shape index (κ3) is 1.74. The lowest BCUT2D eigenvalue weighted by Crippen LogP contribution is -2.59. The summed E-state index contributed by atoms with van der Waals surface area (Å²) in [5.41, 5.74) is 2.09. The molecule has 1 aromatic carbocycles. The number of aliphatic hydroxyl groups is 1. The summed E-state index contributed by atoms with van der Waals surface area (Å²) in [6.45, 7) is 5.00. The highest BCUT2D eigenvalue weighted by atomic mass is 16.3. The van der Waals surface area contributed by atoms with Crippen LogP contribution < -0.4 is 5.32 Å². The molecule has 0 saturated heterocycles. The van der Waals surface area contributed by atoms with Gasteiger partial charge in [0.2, 0.25) is 0 Å². The van der Waals surface area contributed by atoms with Crippen LogP contribution in [0.15, 0.2) is 34.9 Å². The molecule has 2 N–H and O–H groups in total. The average Bonchev–Trinajstić information content (AvgIpc) is 2.78. The first-order chi connectivity index (χ1) is 8.59. The Hall–Kier alpha value is -1.32. The number of nitrogens with one attached hydrogen (secondary N) is 1. The summed E-state index contributed by atoms with van der Waals surface area (Å²) < 4.78 is 5.52. The van der Waals surface area contributed by atoms with Gasteiger partial charge in [0, 0.05) is 29.0 Å². The largest absolute Gasteiger partial charge is 0.464 e. The number of furan rings is 1. The Morgan fingerprint density at radius 2 is 2.17 bits per heavy atom. The summed E-state index contributed by atoms with van der Waals surface area (Å²) >= 11 is 0. The van der Waals surface area contributed by atoms with Crippen LogP contribution in [-0.2, 0) is 6.54 Å². The first-order valence-electron chi connectivity index (χ1n) is 6.45. The summed E-state index contributed by atoms with van der Waals surface area (Å²) in [4.78, 5) is 0. The van der Waals surface area contributed by atoms with Gasteiger partial charge in [0.1, 0.15) is 5.58 Å². The van der Waals surface area contributed by atoms with Crippen molar-refractivity contribution < 1.29 is 9.52 Å². The van der Waals surface area contributed by atoms with Crippen molar-refractivity contribution in [2.45, 2.75) is 39.0 Å². The molecule has 2 atom stereocenters. The molecule has 0 bridgehead atoms. The van der Waals surface area contributed by atoms with Gasteiger partial charge in [-0.3, -0.25) is 0 Å². The molecular weight excluding hydrogens is 226 g/mol. The van der Waals surface area contributed by atoms with E-state index in [1.807, 2.05) is 24.5 Å². The minimum absolute atomic E-state index is 0.0282. The summed E-state index contributed by atoms with van der Waals surface area (Å²) in [7, 11) is 0. The van der Waals surface area contributed by atoms with E-state index < -0.39 is 0 Å². The Bertz CT molecular complexity index is 558. The topological polar surface area (TPSA) is 45.4 Å². The molecule has 1 heterocycles. The summed E-state index contributed by atoms with van der Waals surface area (Å²) in [5.74, 6) is 0. The quantitative estimate of drug-likeness (QED) is 0.874. The van der Waals surface area contributed by atoms with E-state index in [-0.39, 0.29) is 11.5 Å². The van der Waals surface area contributed by atoms with Crippen LogP contribution >= 0.6 is 0 Å². The number of hydrogen-bond donors (Lipinski definition) is 2. The number of hydrogen-bond acceptors (Lipinski definition) is 3. The van der Waals surface area contributed by atoms with Crippen molar-refractivity contribution >= 4 is 11.0 Å². The van der Waals surface area contributed by atoms with Gasteiger partial charge in [0.15, 0.2) is 0 Å². The van der Waals surface area contributed by atoms with Crippen molar-refractivity contribution in [2.75, 3.05) is 0 Å². The first-order valence-corrected chi connectivity index (χ1v) is 6.45. The summed E-state index contributed by atoms with van der Waals surface area (Å²) in [6, 6.07) is 8.44. The van der Waals surface area contributed by atoms with Crippen LogP contribution in [0.2, 0.25) is 0 Å². The number of benzene rings is 1. The standard InChI is InChI=1S/C15H19NO2/c1-15(2)13(7-14(15)17)16-8-10-9-18-12-6-4-3-5-11(10)12/h3-6,9,13-14,16-17H,7-8H2,1-2H3. The van der Waals surface area contributed by atoms with Crippen molar-refractivity contribution in [3.63, 3.8) is 0 Å². The lowest BCUT2D eigenvalue weighted by atomic mass is 9.64. The molecule has 1 aliphatic carbocycles. The minimum Gasteiger partial charge on any atom is -0.464 e. The molecule has 1 saturated carbocycles. The predicted molar refractivity (Wildman–Crippen MR) is 71.2 cm³/mol. The fourth-order valence-electron chi connectivity index (χ4n) is 2.65. The number of aliphatic hydroxyl groups excluding tert-OH is 1. The molecule has 0 radical (unpaired) electrons. The molecule has 18 heavy (non-hydrogen) atoms. The van der Waals surface area contributed by atoms with Gasteiger partial charge in [0.25, 0.3) is 0 Å². The molecule has 0 aliphatic heterocycles. The van der Waals surface area contributed by atoms with E-state index in [1.165, 1.54) is 10.9 Å². The van der Waals surface area contributed by atoms with E-state index in [2.05, 4.69) is 25.2 Å². The number of para-hydroxylation sites is 1. The molecule has 3 heteroatoms. The Morgan fingerprint density at radius 3 is 2.89 bits per heavy atom. The second kappa shape index (κ2) is 4.11. The minimum atomic E-state index is -0.184. The molecule has 2 unspecified atom stereocenters. The van der Waals surface area contributed by atoms with Crippen LogP contribution in [0.5, 0.6) is 0 Å². The highest BCUT2D eigenvalue weighted by Gasteiger charge is 2.46. The number of fused-ring (bicyclic) bond motifs is 1. The Labute approximate surface area is 107 Å². The van der Waals surface area contributed by atoms with Crippen molar-refractivity contribution in [1.29, 1.82) is 0 Å². The molecule has 1 fully saturated rings. The third-order valence-corrected chi connectivity index (χ3v) is 4.32. The number of rotatable bonds is 3. The maximum atomic E-state index is 9.72. The molecule has 1 aliphatic rings. The third-order valence-electron chi connectivity index (χ3n) is 4.32. The maximum absolute atomic E-state index is 9.72. The Balaban J connectivity index is 1.71. The first kappa shape index (κ1) is 11.8. The van der Waals surface area contributed by atoms with E-state index in [9.17, 15) is 5.11 Å². The molecule has 3 rings (SSSR count). The van der Waals surface area contributed by atoms with Gasteiger partial charge in [-0.2, -0.15) is 0 Å². The molecule has 0 amide bonds. The normalized spacial score (nSPS) is 26.2. The van der Waals surface area contributed by atoms with Crippen LogP contribution in [0.3, 0.4) is 0 Å². The van der Waals surface area contributed by atoms with E-state index in [0.29, 0.717) is 6.04 Å². The SMILES string of the molecule is CC1(C)C(O)CC1NCc1coc2ccccc12. The fraction of sp³-hybridized carbons (Fsp3) is 0.467. The fourth-order valence-corrected chi connectivity index (χ4v) is 2.65. The van der Waals surface area contributed by atoms with Gasteiger partial charge in [-0.15, -0.1) is 0 Å². The van der Waals surface area contributed by atoms with Crippen molar-refractivity contribution in [3.8, 4) is 0 Å². The van der Waals surface area contributed by atoms with Gasteiger partial charge in [-0.05, 0) is 12.5 Å². The van der Waals surface area contributed by atoms with Gasteiger partial charge in [0.05, 0.1) is 12.4 Å². The van der Waals surface area contributed by atoms with Gasteiger partial charge >= 0.3 is 0 Å². The van der Waals surface area contributed by atoms with Crippen LogP contribution in [-0.4, -0.2) is 17.3 Å². The maximum Gasteiger partial charge on any atom is 0.134 e. The zero-order chi connectivity index (χ0) is 12.8. The van der Waals surface area contributed by atoms with Crippen LogP contribution in [0.1, 0.15) is 25.8 Å². The molecule has 96 valence electrons. The van der Waals surface area contributed by atoms with Crippen LogP contribution in [0.25, 0.3) is 11.0 Å². The summed E-state index contributed by atoms with van der Waals surface area (Å²) in [6.07, 6.45) is 2.47. The highest BCUT2D eigenvalue weighted by Crippen LogP contribution is 2.40. The smallest absolute Gasteiger partial charge is 0.134 e. The molecule has 2 aromatic rings. The van der Waals surface area contributed by atoms with E-state index in [0.717, 1.165) is 18.5 Å². The van der Waals surface area contributed by atoms with Gasteiger partial charge in [-0.25, -0.2) is 0 Å². The zero-order valence-electron chi connectivity index (χ0n) is 10.8.